The summed E-state index contributed by atoms with van der Waals surface area (Å²) >= 11 is 3.44. The largest absolute Gasteiger partial charge is 0.493 e. The van der Waals surface area contributed by atoms with Crippen molar-refractivity contribution in [3.63, 3.8) is 0 Å². The van der Waals surface area contributed by atoms with Gasteiger partial charge in [0.1, 0.15) is 5.75 Å². The minimum absolute atomic E-state index is 0.676. The van der Waals surface area contributed by atoms with Crippen LogP contribution in [-0.2, 0) is 0 Å². The Labute approximate surface area is 93.9 Å². The Morgan fingerprint density at radius 2 is 2.29 bits per heavy atom. The van der Waals surface area contributed by atoms with E-state index in [1.807, 2.05) is 38.1 Å². The molecule has 14 heavy (non-hydrogen) atoms. The highest BCUT2D eigenvalue weighted by Crippen LogP contribution is 2.29. The molecule has 1 nitrogen and oxygen atoms in total. The van der Waals surface area contributed by atoms with E-state index in [0.29, 0.717) is 6.61 Å². The molecule has 0 fully saturated rings. The van der Waals surface area contributed by atoms with Crippen molar-refractivity contribution in [2.75, 3.05) is 6.61 Å². The Bertz CT molecular complexity index is 320. The van der Waals surface area contributed by atoms with Gasteiger partial charge in [-0.1, -0.05) is 19.1 Å². The van der Waals surface area contributed by atoms with Crippen molar-refractivity contribution < 1.29 is 4.74 Å². The molecule has 1 rings (SSSR count). The predicted octanol–water partition coefficient (Wildman–Crippen LogP) is 3.98. The van der Waals surface area contributed by atoms with Gasteiger partial charge in [0.2, 0.25) is 0 Å². The van der Waals surface area contributed by atoms with E-state index in [0.717, 1.165) is 21.7 Å². The van der Waals surface area contributed by atoms with Crippen LogP contribution >= 0.6 is 15.9 Å². The van der Waals surface area contributed by atoms with Gasteiger partial charge in [-0.05, 0) is 40.5 Å². The van der Waals surface area contributed by atoms with E-state index in [1.54, 1.807) is 0 Å². The molecule has 75 valence electrons. The van der Waals surface area contributed by atoms with Crippen LogP contribution in [0.1, 0.15) is 19.4 Å². The lowest BCUT2D eigenvalue weighted by Crippen LogP contribution is -1.95. The lowest BCUT2D eigenvalue weighted by atomic mass is 10.0. The zero-order chi connectivity index (χ0) is 10.6. The van der Waals surface area contributed by atoms with E-state index in [-0.39, 0.29) is 0 Å². The van der Waals surface area contributed by atoms with Gasteiger partial charge in [-0.15, -0.1) is 6.58 Å². The van der Waals surface area contributed by atoms with Crippen molar-refractivity contribution in [1.82, 2.24) is 0 Å². The number of ether oxygens (including phenoxy) is 1. The summed E-state index contributed by atoms with van der Waals surface area (Å²) in [6.07, 6.45) is 1.85. The molecule has 0 spiro atoms. The van der Waals surface area contributed by atoms with E-state index in [9.17, 15) is 0 Å². The number of benzene rings is 1. The van der Waals surface area contributed by atoms with E-state index < -0.39 is 0 Å². The first-order chi connectivity index (χ1) is 6.69. The van der Waals surface area contributed by atoms with Gasteiger partial charge in [0.25, 0.3) is 0 Å². The van der Waals surface area contributed by atoms with Crippen molar-refractivity contribution in [3.8, 4) is 5.75 Å². The first-order valence-corrected chi connectivity index (χ1v) is 5.37. The zero-order valence-electron chi connectivity index (χ0n) is 8.51. The molecule has 0 unspecified atom stereocenters. The summed E-state index contributed by atoms with van der Waals surface area (Å²) in [5.74, 6) is 2.03. The molecule has 0 aliphatic rings. The second kappa shape index (κ2) is 5.20. The monoisotopic (exact) mass is 253 g/mol. The quantitative estimate of drug-likeness (QED) is 0.789. The molecule has 0 heterocycles. The highest BCUT2D eigenvalue weighted by molar-refractivity contribution is 9.10. The molecule has 0 N–H and O–H groups in total. The number of allylic oxidation sites excluding steroid dienone is 1. The summed E-state index contributed by atoms with van der Waals surface area (Å²) in [5.41, 5.74) is 1.15. The maximum absolute atomic E-state index is 5.48. The van der Waals surface area contributed by atoms with Crippen LogP contribution in [0.5, 0.6) is 5.75 Å². The molecule has 0 atom stereocenters. The van der Waals surface area contributed by atoms with E-state index in [2.05, 4.69) is 22.5 Å². The van der Waals surface area contributed by atoms with Gasteiger partial charge in [0.15, 0.2) is 0 Å². The highest BCUT2D eigenvalue weighted by Gasteiger charge is 2.06. The molecular weight excluding hydrogens is 240 g/mol. The maximum atomic E-state index is 5.48. The van der Waals surface area contributed by atoms with Crippen molar-refractivity contribution in [2.24, 2.45) is 0 Å². The lowest BCUT2D eigenvalue weighted by molar-refractivity contribution is 0.338. The Morgan fingerprint density at radius 1 is 1.57 bits per heavy atom. The molecular formula is C12H14BrO. The molecule has 0 saturated carbocycles. The van der Waals surface area contributed by atoms with Crippen LogP contribution in [0.3, 0.4) is 0 Å². The predicted molar refractivity (Wildman–Crippen MR) is 63.5 cm³/mol. The van der Waals surface area contributed by atoms with Gasteiger partial charge in [0.05, 0.1) is 11.1 Å². The van der Waals surface area contributed by atoms with Gasteiger partial charge in [-0.25, -0.2) is 0 Å². The van der Waals surface area contributed by atoms with Gasteiger partial charge >= 0.3 is 0 Å². The maximum Gasteiger partial charge on any atom is 0.133 e. The van der Waals surface area contributed by atoms with Gasteiger partial charge < -0.3 is 4.74 Å². The van der Waals surface area contributed by atoms with Crippen LogP contribution < -0.4 is 4.74 Å². The van der Waals surface area contributed by atoms with Crippen LogP contribution in [0.4, 0.5) is 0 Å². The third-order valence-corrected chi connectivity index (χ3v) is 2.65. The number of hydrogen-bond donors (Lipinski definition) is 0. The second-order valence-corrected chi connectivity index (χ2v) is 3.82. The zero-order valence-corrected chi connectivity index (χ0v) is 10.1. The molecule has 0 aromatic heterocycles. The van der Waals surface area contributed by atoms with Crippen LogP contribution in [0, 0.1) is 5.92 Å². The summed E-state index contributed by atoms with van der Waals surface area (Å²) in [4.78, 5) is 0. The van der Waals surface area contributed by atoms with Crippen molar-refractivity contribution >= 4 is 15.9 Å². The molecule has 0 aliphatic heterocycles. The molecule has 0 amide bonds. The standard InChI is InChI=1S/C12H14BrO/c1-4-9(3)10-6-7-11(13)12(8-10)14-5-2/h4,6-8H,1,5H2,2-3H3. The second-order valence-electron chi connectivity index (χ2n) is 2.97. The molecule has 0 saturated heterocycles. The van der Waals surface area contributed by atoms with E-state index in [1.165, 1.54) is 0 Å². The van der Waals surface area contributed by atoms with Gasteiger partial charge in [-0.3, -0.25) is 0 Å². The van der Waals surface area contributed by atoms with Crippen LogP contribution in [0.25, 0.3) is 0 Å². The van der Waals surface area contributed by atoms with Crippen LogP contribution in [-0.4, -0.2) is 6.61 Å². The number of hydrogen-bond acceptors (Lipinski definition) is 1. The fourth-order valence-electron chi connectivity index (χ4n) is 1.13. The smallest absolute Gasteiger partial charge is 0.133 e. The third kappa shape index (κ3) is 2.61. The van der Waals surface area contributed by atoms with Gasteiger partial charge in [-0.2, -0.15) is 0 Å². The van der Waals surface area contributed by atoms with Crippen molar-refractivity contribution in [3.05, 3.63) is 46.8 Å². The minimum atomic E-state index is 0.676. The average molecular weight is 254 g/mol. The Kier molecular flexibility index (Phi) is 4.21. The Morgan fingerprint density at radius 3 is 2.86 bits per heavy atom. The van der Waals surface area contributed by atoms with Gasteiger partial charge in [0, 0.05) is 5.92 Å². The van der Waals surface area contributed by atoms with Crippen molar-refractivity contribution in [1.29, 1.82) is 0 Å². The molecule has 1 radical (unpaired) electrons. The summed E-state index contributed by atoms with van der Waals surface area (Å²) in [6, 6.07) is 6.06. The highest BCUT2D eigenvalue weighted by atomic mass is 79.9. The Hall–Kier alpha value is -0.760. The fourth-order valence-corrected chi connectivity index (χ4v) is 1.49. The molecule has 1 aromatic rings. The Balaban J connectivity index is 2.99. The molecule has 0 bridgehead atoms. The lowest BCUT2D eigenvalue weighted by Gasteiger charge is -2.10. The minimum Gasteiger partial charge on any atom is -0.493 e. The molecule has 1 aromatic carbocycles. The number of rotatable bonds is 4. The first-order valence-electron chi connectivity index (χ1n) is 4.57. The topological polar surface area (TPSA) is 9.23 Å². The van der Waals surface area contributed by atoms with E-state index >= 15 is 0 Å². The number of halogens is 1. The normalized spacial score (nSPS) is 10.3. The van der Waals surface area contributed by atoms with Crippen LogP contribution in [0.15, 0.2) is 35.3 Å². The third-order valence-electron chi connectivity index (χ3n) is 1.99. The van der Waals surface area contributed by atoms with Crippen LogP contribution in [0.2, 0.25) is 0 Å². The average Bonchev–Trinajstić information content (AvgIpc) is 2.20. The summed E-state index contributed by atoms with van der Waals surface area (Å²) < 4.78 is 6.46. The summed E-state index contributed by atoms with van der Waals surface area (Å²) in [7, 11) is 0. The fraction of sp³-hybridized carbons (Fsp3) is 0.250. The first kappa shape index (κ1) is 11.3. The SMILES string of the molecule is C=C[C](C)c1ccc(Br)c(OCC)c1. The summed E-state index contributed by atoms with van der Waals surface area (Å²) in [5, 5.41) is 0. The molecule has 2 heteroatoms. The molecule has 0 aliphatic carbocycles. The van der Waals surface area contributed by atoms with Crippen molar-refractivity contribution in [2.45, 2.75) is 13.8 Å². The van der Waals surface area contributed by atoms with E-state index in [4.69, 9.17) is 4.74 Å². The summed E-state index contributed by atoms with van der Waals surface area (Å²) in [6.45, 7) is 8.43.